The quantitative estimate of drug-likeness (QED) is 0.185. The summed E-state index contributed by atoms with van der Waals surface area (Å²) in [4.78, 5) is 32.5. The molecule has 1 unspecified atom stereocenters. The lowest BCUT2D eigenvalue weighted by molar-refractivity contribution is -0.132. The molecule has 1 aliphatic heterocycles. The molecule has 11 heteroatoms. The van der Waals surface area contributed by atoms with Crippen molar-refractivity contribution in [2.45, 2.75) is 13.0 Å². The number of Topliss-reactive ketones (excluding diaryl/α,β-unsaturated/α-hetero) is 1. The summed E-state index contributed by atoms with van der Waals surface area (Å²) in [6, 6.07) is 8.99. The Balaban J connectivity index is 1.71. The third kappa shape index (κ3) is 3.97. The second-order valence-electron chi connectivity index (χ2n) is 7.49. The highest BCUT2D eigenvalue weighted by molar-refractivity contribution is 7.22. The molecular formula is C24H15ClF2N2O4S2. The van der Waals surface area contributed by atoms with Crippen molar-refractivity contribution < 1.29 is 28.2 Å². The van der Waals surface area contributed by atoms with Gasteiger partial charge in [-0.25, -0.2) is 13.8 Å². The number of aromatic nitrogens is 1. The number of hydrogen-bond donors (Lipinski definition) is 1. The highest BCUT2D eigenvalue weighted by Gasteiger charge is 2.48. The molecule has 5 rings (SSSR count). The molecule has 0 spiro atoms. The fourth-order valence-electron chi connectivity index (χ4n) is 3.85. The Hall–Kier alpha value is -3.34. The molecule has 0 radical (unpaired) electrons. The van der Waals surface area contributed by atoms with Gasteiger partial charge < -0.3 is 9.84 Å². The summed E-state index contributed by atoms with van der Waals surface area (Å²) in [5, 5.41) is 13.3. The number of nitrogens with zero attached hydrogens (tertiary/aromatic N) is 2. The molecule has 178 valence electrons. The number of amides is 1. The molecule has 1 atom stereocenters. The van der Waals surface area contributed by atoms with E-state index in [0.29, 0.717) is 21.9 Å². The van der Waals surface area contributed by atoms with Crippen LogP contribution < -0.4 is 9.64 Å². The van der Waals surface area contributed by atoms with E-state index in [2.05, 4.69) is 4.98 Å². The number of ether oxygens (including phenoxy) is 1. The Morgan fingerprint density at radius 2 is 1.97 bits per heavy atom. The number of ketones is 1. The van der Waals surface area contributed by atoms with Crippen LogP contribution in [0.2, 0.25) is 5.02 Å². The number of aliphatic hydroxyl groups excluding tert-OH is 1. The fraction of sp³-hybridized carbons (Fsp3) is 0.125. The molecule has 35 heavy (non-hydrogen) atoms. The summed E-state index contributed by atoms with van der Waals surface area (Å²) in [6.07, 6.45) is 0. The van der Waals surface area contributed by atoms with Gasteiger partial charge in [0.25, 0.3) is 5.78 Å². The lowest BCUT2D eigenvalue weighted by Gasteiger charge is -2.21. The number of rotatable bonds is 5. The average Bonchev–Trinajstić information content (AvgIpc) is 3.54. The number of carbonyl (C=O) groups excluding carboxylic acids is 2. The maximum absolute atomic E-state index is 13.8. The predicted octanol–water partition coefficient (Wildman–Crippen LogP) is 6.31. The number of thiazole rings is 1. The predicted molar refractivity (Wildman–Crippen MR) is 131 cm³/mol. The van der Waals surface area contributed by atoms with Crippen molar-refractivity contribution in [2.75, 3.05) is 11.5 Å². The summed E-state index contributed by atoms with van der Waals surface area (Å²) >= 11 is 8.53. The second-order valence-corrected chi connectivity index (χ2v) is 9.89. The van der Waals surface area contributed by atoms with Crippen LogP contribution in [-0.2, 0) is 9.59 Å². The second kappa shape index (κ2) is 9.03. The van der Waals surface area contributed by atoms with Crippen LogP contribution in [0.15, 0.2) is 53.4 Å². The van der Waals surface area contributed by atoms with E-state index in [-0.39, 0.29) is 26.8 Å². The third-order valence-electron chi connectivity index (χ3n) is 5.39. The van der Waals surface area contributed by atoms with Gasteiger partial charge in [0.15, 0.2) is 16.8 Å². The van der Waals surface area contributed by atoms with E-state index in [1.54, 1.807) is 30.5 Å². The lowest BCUT2D eigenvalue weighted by Crippen LogP contribution is -2.28. The normalized spacial score (nSPS) is 17.5. The highest BCUT2D eigenvalue weighted by Crippen LogP contribution is 2.46. The van der Waals surface area contributed by atoms with E-state index in [9.17, 15) is 23.5 Å². The number of halogens is 3. The number of hydrogen-bond acceptors (Lipinski definition) is 7. The Kier molecular flexibility index (Phi) is 6.04. The van der Waals surface area contributed by atoms with E-state index in [0.717, 1.165) is 28.4 Å². The van der Waals surface area contributed by atoms with E-state index in [1.165, 1.54) is 23.5 Å². The van der Waals surface area contributed by atoms with Crippen LogP contribution in [0, 0.1) is 11.6 Å². The number of carbonyl (C=O) groups is 2. The van der Waals surface area contributed by atoms with E-state index < -0.39 is 35.1 Å². The number of benzene rings is 2. The monoisotopic (exact) mass is 532 g/mol. The zero-order chi connectivity index (χ0) is 24.9. The Morgan fingerprint density at radius 3 is 2.69 bits per heavy atom. The summed E-state index contributed by atoms with van der Waals surface area (Å²) in [6.45, 7) is 2.17. The minimum absolute atomic E-state index is 0.0683. The zero-order valence-electron chi connectivity index (χ0n) is 17.9. The molecule has 1 saturated heterocycles. The van der Waals surface area contributed by atoms with Crippen molar-refractivity contribution in [1.82, 2.24) is 4.98 Å². The first-order valence-corrected chi connectivity index (χ1v) is 12.4. The lowest BCUT2D eigenvalue weighted by atomic mass is 9.99. The van der Waals surface area contributed by atoms with Crippen molar-refractivity contribution in [3.8, 4) is 5.75 Å². The molecule has 0 saturated carbocycles. The SMILES string of the molecule is CCOc1ccc(Cl)c(/C(O)=C2\C(=O)C(=O)N(c3nc4cc(F)c(F)cc4s3)C2c2cccs2)c1. The molecular weight excluding hydrogens is 518 g/mol. The molecule has 6 nitrogen and oxygen atoms in total. The van der Waals surface area contributed by atoms with E-state index >= 15 is 0 Å². The summed E-state index contributed by atoms with van der Waals surface area (Å²) in [5.74, 6) is -4.02. The van der Waals surface area contributed by atoms with Gasteiger partial charge in [0.05, 0.1) is 27.4 Å². The Bertz CT molecular complexity index is 1480. The van der Waals surface area contributed by atoms with Gasteiger partial charge in [-0.05, 0) is 42.6 Å². The van der Waals surface area contributed by atoms with Crippen molar-refractivity contribution >= 4 is 67.1 Å². The Morgan fingerprint density at radius 1 is 1.20 bits per heavy atom. The van der Waals surface area contributed by atoms with Crippen molar-refractivity contribution in [3.05, 3.63) is 80.5 Å². The van der Waals surface area contributed by atoms with Crippen LogP contribution in [0.25, 0.3) is 16.0 Å². The Labute approximate surface area is 210 Å². The largest absolute Gasteiger partial charge is 0.507 e. The van der Waals surface area contributed by atoms with Crippen LogP contribution in [0.3, 0.4) is 0 Å². The molecule has 2 aromatic heterocycles. The molecule has 1 fully saturated rings. The molecule has 1 aliphatic rings. The molecule has 3 heterocycles. The number of thiophene rings is 1. The number of aliphatic hydroxyl groups is 1. The van der Waals surface area contributed by atoms with Crippen LogP contribution in [-0.4, -0.2) is 28.4 Å². The first kappa shape index (κ1) is 23.4. The average molecular weight is 533 g/mol. The summed E-state index contributed by atoms with van der Waals surface area (Å²) in [7, 11) is 0. The molecule has 0 bridgehead atoms. The van der Waals surface area contributed by atoms with Gasteiger partial charge >= 0.3 is 5.91 Å². The van der Waals surface area contributed by atoms with Crippen molar-refractivity contribution in [3.63, 3.8) is 0 Å². The van der Waals surface area contributed by atoms with Gasteiger partial charge in [0, 0.05) is 16.5 Å². The maximum atomic E-state index is 13.8. The molecule has 1 N–H and O–H groups in total. The van der Waals surface area contributed by atoms with Crippen LogP contribution in [0.4, 0.5) is 13.9 Å². The third-order valence-corrected chi connectivity index (χ3v) is 7.66. The smallest absolute Gasteiger partial charge is 0.301 e. The van der Waals surface area contributed by atoms with Gasteiger partial charge in [-0.1, -0.05) is 29.0 Å². The molecule has 2 aromatic carbocycles. The minimum Gasteiger partial charge on any atom is -0.507 e. The highest BCUT2D eigenvalue weighted by atomic mass is 35.5. The first-order valence-electron chi connectivity index (χ1n) is 10.3. The minimum atomic E-state index is -1.07. The van der Waals surface area contributed by atoms with Crippen LogP contribution in [0.5, 0.6) is 5.75 Å². The summed E-state index contributed by atoms with van der Waals surface area (Å²) < 4.78 is 33.3. The van der Waals surface area contributed by atoms with Gasteiger partial charge in [0.1, 0.15) is 17.6 Å². The number of fused-ring (bicyclic) bond motifs is 1. The van der Waals surface area contributed by atoms with Gasteiger partial charge in [-0.3, -0.25) is 14.5 Å². The zero-order valence-corrected chi connectivity index (χ0v) is 20.3. The van der Waals surface area contributed by atoms with Crippen molar-refractivity contribution in [1.29, 1.82) is 0 Å². The molecule has 0 aliphatic carbocycles. The van der Waals surface area contributed by atoms with E-state index in [1.807, 2.05) is 0 Å². The topological polar surface area (TPSA) is 79.7 Å². The number of anilines is 1. The van der Waals surface area contributed by atoms with E-state index in [4.69, 9.17) is 16.3 Å². The van der Waals surface area contributed by atoms with Crippen LogP contribution >= 0.6 is 34.3 Å². The first-order chi connectivity index (χ1) is 16.8. The standard InChI is InChI=1S/C24H15ClF2N2O4S2/c1-2-33-11-5-6-13(25)12(8-11)21(30)19-20(17-4-3-7-34-17)29(23(32)22(19)31)24-28-16-9-14(26)15(27)10-18(16)35-24/h3-10,20,30H,2H2,1H3/b21-19+. The fourth-order valence-corrected chi connectivity index (χ4v) is 5.88. The maximum Gasteiger partial charge on any atom is 0.301 e. The van der Waals surface area contributed by atoms with Gasteiger partial charge in [0.2, 0.25) is 0 Å². The van der Waals surface area contributed by atoms with Crippen LogP contribution in [0.1, 0.15) is 23.4 Å². The summed E-state index contributed by atoms with van der Waals surface area (Å²) in [5.41, 5.74) is 0.0958. The molecule has 4 aromatic rings. The van der Waals surface area contributed by atoms with Gasteiger partial charge in [-0.2, -0.15) is 0 Å². The van der Waals surface area contributed by atoms with Gasteiger partial charge in [-0.15, -0.1) is 11.3 Å². The molecule has 1 amide bonds. The van der Waals surface area contributed by atoms with Crippen molar-refractivity contribution in [2.24, 2.45) is 0 Å².